The molecule has 1 aromatic rings. The number of aromatic carboxylic acids is 1. The third-order valence-electron chi connectivity index (χ3n) is 2.47. The van der Waals surface area contributed by atoms with Crippen LogP contribution in [0.4, 0.5) is 0 Å². The standard InChI is InChI=1S/C11H12ClNO7S/c1-5(14)9(11(17)18)13-21(19,20)8-4-6(10(15)16)2-3-7(8)12/h2-5,9,13-14H,1H3,(H,15,16)(H,17,18)/p-2/t5-,9+/m0/s1. The number of benzene rings is 1. The average Bonchev–Trinajstić information content (AvgIpc) is 2.35. The van der Waals surface area contributed by atoms with E-state index in [0.29, 0.717) is 6.07 Å². The molecule has 116 valence electrons. The van der Waals surface area contributed by atoms with Crippen molar-refractivity contribution in [2.75, 3.05) is 0 Å². The number of aliphatic carboxylic acids is 1. The third-order valence-corrected chi connectivity index (χ3v) is 4.40. The summed E-state index contributed by atoms with van der Waals surface area (Å²) in [7, 11) is -4.49. The van der Waals surface area contributed by atoms with Gasteiger partial charge in [0.25, 0.3) is 0 Å². The summed E-state index contributed by atoms with van der Waals surface area (Å²) in [5.41, 5.74) is -0.457. The Balaban J connectivity index is 3.27. The van der Waals surface area contributed by atoms with Gasteiger partial charge in [0, 0.05) is 0 Å². The Morgan fingerprint density at radius 3 is 2.33 bits per heavy atom. The summed E-state index contributed by atoms with van der Waals surface area (Å²) < 4.78 is 25.7. The molecule has 0 bridgehead atoms. The van der Waals surface area contributed by atoms with Gasteiger partial charge in [0.05, 0.1) is 29.1 Å². The van der Waals surface area contributed by atoms with E-state index in [1.165, 1.54) is 0 Å². The maximum Gasteiger partial charge on any atom is 0.242 e. The third kappa shape index (κ3) is 4.14. The zero-order chi connectivity index (χ0) is 16.4. The summed E-state index contributed by atoms with van der Waals surface area (Å²) in [6.45, 7) is 1.04. The number of nitrogens with one attached hydrogen (secondary N) is 1. The van der Waals surface area contributed by atoms with E-state index in [1.807, 2.05) is 0 Å². The highest BCUT2D eigenvalue weighted by molar-refractivity contribution is 7.89. The zero-order valence-corrected chi connectivity index (χ0v) is 12.1. The van der Waals surface area contributed by atoms with Crippen molar-refractivity contribution in [3.05, 3.63) is 28.8 Å². The van der Waals surface area contributed by atoms with Crippen molar-refractivity contribution in [1.29, 1.82) is 0 Å². The lowest BCUT2D eigenvalue weighted by Gasteiger charge is -2.22. The number of hydrogen-bond acceptors (Lipinski definition) is 7. The Morgan fingerprint density at radius 1 is 1.33 bits per heavy atom. The fraction of sp³-hybridized carbons (Fsp3) is 0.273. The molecule has 2 N–H and O–H groups in total. The second-order valence-electron chi connectivity index (χ2n) is 4.09. The first kappa shape index (κ1) is 17.4. The molecular weight excluding hydrogens is 326 g/mol. The Morgan fingerprint density at radius 2 is 1.90 bits per heavy atom. The molecule has 1 aromatic carbocycles. The lowest BCUT2D eigenvalue weighted by molar-refractivity contribution is -0.309. The average molecular weight is 336 g/mol. The number of rotatable bonds is 6. The molecule has 0 aromatic heterocycles. The maximum atomic E-state index is 12.0. The molecule has 0 spiro atoms. The first-order valence-electron chi connectivity index (χ1n) is 5.48. The van der Waals surface area contributed by atoms with Crippen LogP contribution in [0.1, 0.15) is 17.3 Å². The van der Waals surface area contributed by atoms with Crippen LogP contribution in [0, 0.1) is 0 Å². The molecule has 0 amide bonds. The van der Waals surface area contributed by atoms with Gasteiger partial charge in [-0.05, 0) is 24.6 Å². The molecule has 8 nitrogen and oxygen atoms in total. The van der Waals surface area contributed by atoms with Crippen LogP contribution in [0.2, 0.25) is 5.02 Å². The summed E-state index contributed by atoms with van der Waals surface area (Å²) in [5.74, 6) is -3.48. The molecule has 0 saturated heterocycles. The van der Waals surface area contributed by atoms with Crippen molar-refractivity contribution in [1.82, 2.24) is 4.72 Å². The van der Waals surface area contributed by atoms with Crippen LogP contribution < -0.4 is 14.9 Å². The van der Waals surface area contributed by atoms with Gasteiger partial charge in [-0.15, -0.1) is 0 Å². The van der Waals surface area contributed by atoms with Crippen molar-refractivity contribution in [2.24, 2.45) is 0 Å². The van der Waals surface area contributed by atoms with Gasteiger partial charge in [0.15, 0.2) is 0 Å². The van der Waals surface area contributed by atoms with Crippen LogP contribution in [-0.4, -0.2) is 37.6 Å². The highest BCUT2D eigenvalue weighted by Gasteiger charge is 2.26. The smallest absolute Gasteiger partial charge is 0.242 e. The van der Waals surface area contributed by atoms with Crippen molar-refractivity contribution in [2.45, 2.75) is 24.0 Å². The highest BCUT2D eigenvalue weighted by Crippen LogP contribution is 2.22. The number of carboxylic acid groups (broad SMARTS) is 2. The normalized spacial score (nSPS) is 14.4. The molecule has 0 aliphatic carbocycles. The van der Waals surface area contributed by atoms with Gasteiger partial charge in [-0.1, -0.05) is 17.7 Å². The Hall–Kier alpha value is -1.68. The monoisotopic (exact) mass is 335 g/mol. The number of halogens is 1. The number of carbonyl (C=O) groups is 2. The second-order valence-corrected chi connectivity index (χ2v) is 6.18. The van der Waals surface area contributed by atoms with Crippen molar-refractivity contribution in [3.63, 3.8) is 0 Å². The molecule has 0 aliphatic rings. The van der Waals surface area contributed by atoms with Gasteiger partial charge in [0.2, 0.25) is 10.0 Å². The fourth-order valence-corrected chi connectivity index (χ4v) is 3.19. The van der Waals surface area contributed by atoms with Gasteiger partial charge < -0.3 is 24.9 Å². The van der Waals surface area contributed by atoms with Gasteiger partial charge in [-0.2, -0.15) is 4.72 Å². The Bertz CT molecular complexity index is 671. The second kappa shape index (κ2) is 6.39. The molecule has 21 heavy (non-hydrogen) atoms. The van der Waals surface area contributed by atoms with E-state index in [9.17, 15) is 33.3 Å². The summed E-state index contributed by atoms with van der Waals surface area (Å²) in [5, 5.41) is 30.4. The summed E-state index contributed by atoms with van der Waals surface area (Å²) >= 11 is 5.67. The SMILES string of the molecule is C[C@H](O)[C@@H](NS(=O)(=O)c1cc(C(=O)[O-])ccc1Cl)C(=O)[O-]. The predicted molar refractivity (Wildman–Crippen MR) is 66.6 cm³/mol. The number of aliphatic hydroxyl groups excluding tert-OH is 1. The van der Waals surface area contributed by atoms with E-state index in [-0.39, 0.29) is 5.02 Å². The molecule has 10 heteroatoms. The molecule has 0 radical (unpaired) electrons. The van der Waals surface area contributed by atoms with Gasteiger partial charge >= 0.3 is 0 Å². The van der Waals surface area contributed by atoms with Gasteiger partial charge in [0.1, 0.15) is 4.90 Å². The minimum Gasteiger partial charge on any atom is -0.548 e. The molecule has 0 aliphatic heterocycles. The first-order chi connectivity index (χ1) is 9.56. The zero-order valence-electron chi connectivity index (χ0n) is 10.6. The number of hydrogen-bond donors (Lipinski definition) is 2. The quantitative estimate of drug-likeness (QED) is 0.583. The van der Waals surface area contributed by atoms with Crippen molar-refractivity contribution in [3.8, 4) is 0 Å². The molecule has 2 atom stereocenters. The van der Waals surface area contributed by atoms with E-state index in [2.05, 4.69) is 0 Å². The van der Waals surface area contributed by atoms with Crippen molar-refractivity contribution >= 4 is 33.6 Å². The van der Waals surface area contributed by atoms with Gasteiger partial charge in [-0.25, -0.2) is 8.42 Å². The van der Waals surface area contributed by atoms with Crippen LogP contribution in [-0.2, 0) is 14.8 Å². The van der Waals surface area contributed by atoms with Crippen LogP contribution in [0.3, 0.4) is 0 Å². The molecular formula is C11H10ClNO7S-2. The highest BCUT2D eigenvalue weighted by atomic mass is 35.5. The van der Waals surface area contributed by atoms with E-state index in [0.717, 1.165) is 19.1 Å². The predicted octanol–water partition coefficient (Wildman–Crippen LogP) is -2.52. The minimum absolute atomic E-state index is 0.324. The lowest BCUT2D eigenvalue weighted by atomic mass is 10.2. The summed E-state index contributed by atoms with van der Waals surface area (Å²) in [6, 6.07) is 0.839. The summed E-state index contributed by atoms with van der Waals surface area (Å²) in [4.78, 5) is 20.8. The number of aliphatic hydroxyl groups is 1. The Kier molecular flexibility index (Phi) is 5.29. The van der Waals surface area contributed by atoms with E-state index in [1.54, 1.807) is 4.72 Å². The maximum absolute atomic E-state index is 12.0. The summed E-state index contributed by atoms with van der Waals surface area (Å²) in [6.07, 6.45) is -1.58. The topological polar surface area (TPSA) is 147 Å². The number of carboxylic acids is 2. The molecule has 0 unspecified atom stereocenters. The van der Waals surface area contributed by atoms with Gasteiger partial charge in [-0.3, -0.25) is 0 Å². The van der Waals surface area contributed by atoms with E-state index < -0.39 is 44.6 Å². The molecule has 0 fully saturated rings. The van der Waals surface area contributed by atoms with E-state index in [4.69, 9.17) is 11.6 Å². The van der Waals surface area contributed by atoms with Crippen LogP contribution >= 0.6 is 11.6 Å². The minimum atomic E-state index is -4.49. The Labute approximate surface area is 125 Å². The van der Waals surface area contributed by atoms with Crippen molar-refractivity contribution < 1.29 is 33.3 Å². The first-order valence-corrected chi connectivity index (χ1v) is 7.34. The molecule has 0 saturated carbocycles. The van der Waals surface area contributed by atoms with E-state index >= 15 is 0 Å². The van der Waals surface area contributed by atoms with Crippen LogP contribution in [0.5, 0.6) is 0 Å². The lowest BCUT2D eigenvalue weighted by Crippen LogP contribution is -2.53. The fourth-order valence-electron chi connectivity index (χ4n) is 1.41. The molecule has 0 heterocycles. The van der Waals surface area contributed by atoms with Crippen LogP contribution in [0.25, 0.3) is 0 Å². The number of carbonyl (C=O) groups excluding carboxylic acids is 2. The largest absolute Gasteiger partial charge is 0.548 e. The van der Waals surface area contributed by atoms with Crippen LogP contribution in [0.15, 0.2) is 23.1 Å². The number of sulfonamides is 1. The molecule has 1 rings (SSSR count).